The molecule has 0 radical (unpaired) electrons. The lowest BCUT2D eigenvalue weighted by molar-refractivity contribution is -0.121. The first kappa shape index (κ1) is 18.5. The highest BCUT2D eigenvalue weighted by atomic mass is 35.5. The highest BCUT2D eigenvalue weighted by Crippen LogP contribution is 2.11. The predicted octanol–water partition coefficient (Wildman–Crippen LogP) is 2.17. The van der Waals surface area contributed by atoms with E-state index >= 15 is 0 Å². The molecule has 1 saturated heterocycles. The van der Waals surface area contributed by atoms with E-state index in [9.17, 15) is 9.59 Å². The first-order valence-electron chi connectivity index (χ1n) is 8.24. The highest BCUT2D eigenvalue weighted by molar-refractivity contribution is 6.30. The predicted molar refractivity (Wildman–Crippen MR) is 92.9 cm³/mol. The van der Waals surface area contributed by atoms with Gasteiger partial charge in [-0.2, -0.15) is 0 Å². The zero-order valence-electron chi connectivity index (χ0n) is 13.9. The average Bonchev–Trinajstić information content (AvgIpc) is 2.57. The molecule has 0 aromatic heterocycles. The van der Waals surface area contributed by atoms with Crippen molar-refractivity contribution in [2.75, 3.05) is 26.2 Å². The average molecular weight is 354 g/mol. The molecule has 1 heterocycles. The molecular formula is C17H24ClN3O3. The maximum absolute atomic E-state index is 12.0. The molecular weight excluding hydrogens is 330 g/mol. The zero-order valence-corrected chi connectivity index (χ0v) is 14.6. The molecule has 1 aromatic rings. The van der Waals surface area contributed by atoms with E-state index in [0.29, 0.717) is 31.3 Å². The van der Waals surface area contributed by atoms with E-state index in [-0.39, 0.29) is 24.6 Å². The maximum Gasteiger partial charge on any atom is 0.409 e. The second-order valence-electron chi connectivity index (χ2n) is 5.76. The molecule has 1 aliphatic rings. The van der Waals surface area contributed by atoms with E-state index in [4.69, 9.17) is 16.3 Å². The minimum absolute atomic E-state index is 0.0291. The number of likely N-dealkylation sites (tertiary alicyclic amines) is 1. The molecule has 0 aliphatic carbocycles. The minimum atomic E-state index is -0.271. The van der Waals surface area contributed by atoms with Crippen LogP contribution in [0.2, 0.25) is 5.02 Å². The third-order valence-electron chi connectivity index (χ3n) is 3.91. The number of halogens is 1. The van der Waals surface area contributed by atoms with Gasteiger partial charge in [0, 0.05) is 30.7 Å². The van der Waals surface area contributed by atoms with Crippen LogP contribution in [-0.4, -0.2) is 49.2 Å². The Morgan fingerprint density at radius 2 is 1.92 bits per heavy atom. The molecule has 0 atom stereocenters. The molecule has 2 N–H and O–H groups in total. The number of hydrogen-bond acceptors (Lipinski definition) is 4. The van der Waals surface area contributed by atoms with Crippen molar-refractivity contribution in [1.29, 1.82) is 0 Å². The van der Waals surface area contributed by atoms with E-state index < -0.39 is 0 Å². The summed E-state index contributed by atoms with van der Waals surface area (Å²) in [7, 11) is 0. The SMILES string of the molecule is CCOC(=O)N1CCC(NC(=O)CNCc2ccc(Cl)cc2)CC1. The van der Waals surface area contributed by atoms with Crippen molar-refractivity contribution >= 4 is 23.6 Å². The summed E-state index contributed by atoms with van der Waals surface area (Å²) in [5, 5.41) is 6.82. The van der Waals surface area contributed by atoms with Gasteiger partial charge >= 0.3 is 6.09 Å². The van der Waals surface area contributed by atoms with Gasteiger partial charge in [-0.05, 0) is 37.5 Å². The fourth-order valence-electron chi connectivity index (χ4n) is 2.62. The third kappa shape index (κ3) is 6.02. The number of nitrogens with one attached hydrogen (secondary N) is 2. The van der Waals surface area contributed by atoms with Crippen LogP contribution in [0, 0.1) is 0 Å². The van der Waals surface area contributed by atoms with E-state index in [1.165, 1.54) is 0 Å². The number of amides is 2. The molecule has 0 spiro atoms. The van der Waals surface area contributed by atoms with Crippen molar-refractivity contribution in [3.63, 3.8) is 0 Å². The Hall–Kier alpha value is -1.79. The van der Waals surface area contributed by atoms with Gasteiger partial charge in [-0.25, -0.2) is 4.79 Å². The molecule has 2 amide bonds. The van der Waals surface area contributed by atoms with E-state index in [1.54, 1.807) is 11.8 Å². The van der Waals surface area contributed by atoms with Gasteiger partial charge in [0.15, 0.2) is 0 Å². The summed E-state index contributed by atoms with van der Waals surface area (Å²) in [5.41, 5.74) is 1.08. The summed E-state index contributed by atoms with van der Waals surface area (Å²) in [5.74, 6) is -0.0291. The molecule has 7 heteroatoms. The van der Waals surface area contributed by atoms with Gasteiger partial charge in [0.2, 0.25) is 5.91 Å². The van der Waals surface area contributed by atoms with Gasteiger partial charge in [-0.3, -0.25) is 4.79 Å². The van der Waals surface area contributed by atoms with Crippen LogP contribution in [0.25, 0.3) is 0 Å². The van der Waals surface area contributed by atoms with Crippen molar-refractivity contribution in [3.8, 4) is 0 Å². The summed E-state index contributed by atoms with van der Waals surface area (Å²) >= 11 is 5.84. The van der Waals surface area contributed by atoms with E-state index in [0.717, 1.165) is 18.4 Å². The van der Waals surface area contributed by atoms with E-state index in [2.05, 4.69) is 10.6 Å². The first-order chi connectivity index (χ1) is 11.6. The summed E-state index contributed by atoms with van der Waals surface area (Å²) in [6.45, 7) is 4.28. The molecule has 132 valence electrons. The lowest BCUT2D eigenvalue weighted by atomic mass is 10.1. The van der Waals surface area contributed by atoms with Gasteiger partial charge < -0.3 is 20.3 Å². The van der Waals surface area contributed by atoms with Gasteiger partial charge in [-0.1, -0.05) is 23.7 Å². The van der Waals surface area contributed by atoms with Crippen molar-refractivity contribution in [2.45, 2.75) is 32.4 Å². The summed E-state index contributed by atoms with van der Waals surface area (Å²) < 4.78 is 4.98. The molecule has 24 heavy (non-hydrogen) atoms. The molecule has 0 bridgehead atoms. The molecule has 1 aliphatic heterocycles. The molecule has 0 saturated carbocycles. The molecule has 1 aromatic carbocycles. The second kappa shape index (κ2) is 9.49. The number of ether oxygens (including phenoxy) is 1. The number of piperidine rings is 1. The number of nitrogens with zero attached hydrogens (tertiary/aromatic N) is 1. The summed E-state index contributed by atoms with van der Waals surface area (Å²) in [6.07, 6.45) is 1.23. The van der Waals surface area contributed by atoms with E-state index in [1.807, 2.05) is 24.3 Å². The van der Waals surface area contributed by atoms with Gasteiger partial charge in [0.25, 0.3) is 0 Å². The molecule has 1 fully saturated rings. The van der Waals surface area contributed by atoms with Crippen LogP contribution in [-0.2, 0) is 16.1 Å². The Morgan fingerprint density at radius 1 is 1.25 bits per heavy atom. The van der Waals surface area contributed by atoms with Crippen LogP contribution >= 0.6 is 11.6 Å². The zero-order chi connectivity index (χ0) is 17.4. The highest BCUT2D eigenvalue weighted by Gasteiger charge is 2.24. The lowest BCUT2D eigenvalue weighted by Crippen LogP contribution is -2.48. The fraction of sp³-hybridized carbons (Fsp3) is 0.529. The molecule has 2 rings (SSSR count). The monoisotopic (exact) mass is 353 g/mol. The van der Waals surface area contributed by atoms with Crippen molar-refractivity contribution in [1.82, 2.24) is 15.5 Å². The maximum atomic E-state index is 12.0. The van der Waals surface area contributed by atoms with Crippen LogP contribution in [0.3, 0.4) is 0 Å². The Morgan fingerprint density at radius 3 is 2.54 bits per heavy atom. The third-order valence-corrected chi connectivity index (χ3v) is 4.17. The number of carbonyl (C=O) groups is 2. The van der Waals surface area contributed by atoms with Crippen LogP contribution in [0.4, 0.5) is 4.79 Å². The Labute approximate surface area is 147 Å². The normalized spacial score (nSPS) is 15.2. The first-order valence-corrected chi connectivity index (χ1v) is 8.62. The standard InChI is InChI=1S/C17H24ClN3O3/c1-2-24-17(23)21-9-7-15(8-10-21)20-16(22)12-19-11-13-3-5-14(18)6-4-13/h3-6,15,19H,2,7-12H2,1H3,(H,20,22). The molecule has 6 nitrogen and oxygen atoms in total. The Balaban J connectivity index is 1.63. The van der Waals surface area contributed by atoms with Crippen LogP contribution in [0.1, 0.15) is 25.3 Å². The van der Waals surface area contributed by atoms with Crippen LogP contribution in [0.5, 0.6) is 0 Å². The Bertz CT molecular complexity index is 543. The molecule has 0 unspecified atom stereocenters. The number of carbonyl (C=O) groups excluding carboxylic acids is 2. The van der Waals surface area contributed by atoms with Gasteiger partial charge in [0.1, 0.15) is 0 Å². The topological polar surface area (TPSA) is 70.7 Å². The fourth-order valence-corrected chi connectivity index (χ4v) is 2.75. The number of hydrogen-bond donors (Lipinski definition) is 2. The Kier molecular flexibility index (Phi) is 7.34. The second-order valence-corrected chi connectivity index (χ2v) is 6.19. The number of rotatable bonds is 6. The van der Waals surface area contributed by atoms with Gasteiger partial charge in [-0.15, -0.1) is 0 Å². The number of benzene rings is 1. The van der Waals surface area contributed by atoms with Crippen molar-refractivity contribution < 1.29 is 14.3 Å². The summed E-state index contributed by atoms with van der Waals surface area (Å²) in [6, 6.07) is 7.63. The van der Waals surface area contributed by atoms with Gasteiger partial charge in [0.05, 0.1) is 13.2 Å². The summed E-state index contributed by atoms with van der Waals surface area (Å²) in [4.78, 5) is 25.3. The minimum Gasteiger partial charge on any atom is -0.450 e. The largest absolute Gasteiger partial charge is 0.450 e. The van der Waals surface area contributed by atoms with Crippen LogP contribution < -0.4 is 10.6 Å². The smallest absolute Gasteiger partial charge is 0.409 e. The quantitative estimate of drug-likeness (QED) is 0.822. The van der Waals surface area contributed by atoms with Crippen molar-refractivity contribution in [3.05, 3.63) is 34.9 Å². The lowest BCUT2D eigenvalue weighted by Gasteiger charge is -2.31. The van der Waals surface area contributed by atoms with Crippen LogP contribution in [0.15, 0.2) is 24.3 Å². The van der Waals surface area contributed by atoms with Crippen molar-refractivity contribution in [2.24, 2.45) is 0 Å².